The molecule has 5 heteroatoms. The highest BCUT2D eigenvalue weighted by Gasteiger charge is 2.11. The maximum atomic E-state index is 9.36. The van der Waals surface area contributed by atoms with E-state index in [4.69, 9.17) is 11.6 Å². The molecular formula is C18H18ClN3O. The fraction of sp³-hybridized carbons (Fsp3) is 0.222. The van der Waals surface area contributed by atoms with Gasteiger partial charge in [0.1, 0.15) is 0 Å². The van der Waals surface area contributed by atoms with Crippen molar-refractivity contribution in [3.05, 3.63) is 71.1 Å². The first-order valence-electron chi connectivity index (χ1n) is 7.52. The van der Waals surface area contributed by atoms with E-state index in [0.29, 0.717) is 18.1 Å². The SMILES string of the molecule is OCCN(Cc1cccnc1)Cc1ccc(Cl)c2cccnc12. The topological polar surface area (TPSA) is 49.2 Å². The fourth-order valence-electron chi connectivity index (χ4n) is 2.67. The zero-order chi connectivity index (χ0) is 16.1. The molecule has 3 aromatic rings. The molecule has 0 aliphatic heterocycles. The molecule has 1 aromatic carbocycles. The van der Waals surface area contributed by atoms with Gasteiger partial charge in [-0.1, -0.05) is 23.7 Å². The summed E-state index contributed by atoms with van der Waals surface area (Å²) in [6.07, 6.45) is 5.39. The molecule has 0 bridgehead atoms. The first kappa shape index (κ1) is 15.9. The molecule has 3 rings (SSSR count). The number of hydrogen-bond acceptors (Lipinski definition) is 4. The van der Waals surface area contributed by atoms with Crippen LogP contribution >= 0.6 is 11.6 Å². The minimum absolute atomic E-state index is 0.110. The number of rotatable bonds is 6. The van der Waals surface area contributed by atoms with Gasteiger partial charge in [-0.25, -0.2) is 0 Å². The van der Waals surface area contributed by atoms with Crippen molar-refractivity contribution in [2.75, 3.05) is 13.2 Å². The van der Waals surface area contributed by atoms with E-state index in [1.54, 1.807) is 12.4 Å². The lowest BCUT2D eigenvalue weighted by atomic mass is 10.1. The summed E-state index contributed by atoms with van der Waals surface area (Å²) in [7, 11) is 0. The van der Waals surface area contributed by atoms with E-state index < -0.39 is 0 Å². The van der Waals surface area contributed by atoms with E-state index >= 15 is 0 Å². The van der Waals surface area contributed by atoms with Crippen LogP contribution in [0.15, 0.2) is 55.0 Å². The Morgan fingerprint density at radius 2 is 1.91 bits per heavy atom. The molecule has 1 N–H and O–H groups in total. The molecule has 0 radical (unpaired) electrons. The number of nitrogens with zero attached hydrogens (tertiary/aromatic N) is 3. The Labute approximate surface area is 140 Å². The van der Waals surface area contributed by atoms with Crippen molar-refractivity contribution < 1.29 is 5.11 Å². The number of benzene rings is 1. The molecule has 0 aliphatic carbocycles. The highest BCUT2D eigenvalue weighted by Crippen LogP contribution is 2.25. The molecule has 0 spiro atoms. The molecular weight excluding hydrogens is 310 g/mol. The Balaban J connectivity index is 1.87. The Bertz CT molecular complexity index is 780. The summed E-state index contributed by atoms with van der Waals surface area (Å²) in [5, 5.41) is 11.0. The van der Waals surface area contributed by atoms with Crippen LogP contribution in [0.1, 0.15) is 11.1 Å². The lowest BCUT2D eigenvalue weighted by molar-refractivity contribution is 0.184. The zero-order valence-corrected chi connectivity index (χ0v) is 13.4. The monoisotopic (exact) mass is 327 g/mol. The molecule has 0 unspecified atom stereocenters. The third kappa shape index (κ3) is 3.85. The van der Waals surface area contributed by atoms with Gasteiger partial charge >= 0.3 is 0 Å². The molecule has 4 nitrogen and oxygen atoms in total. The maximum Gasteiger partial charge on any atom is 0.0761 e. The molecule has 0 aliphatic rings. The summed E-state index contributed by atoms with van der Waals surface area (Å²) in [4.78, 5) is 10.8. The van der Waals surface area contributed by atoms with Crippen LogP contribution in [-0.4, -0.2) is 33.1 Å². The average molecular weight is 328 g/mol. The highest BCUT2D eigenvalue weighted by molar-refractivity contribution is 6.35. The van der Waals surface area contributed by atoms with Gasteiger partial charge < -0.3 is 5.11 Å². The van der Waals surface area contributed by atoms with Crippen LogP contribution in [0.4, 0.5) is 0 Å². The van der Waals surface area contributed by atoms with Crippen LogP contribution < -0.4 is 0 Å². The maximum absolute atomic E-state index is 9.36. The lowest BCUT2D eigenvalue weighted by Crippen LogP contribution is -2.26. The number of hydrogen-bond donors (Lipinski definition) is 1. The molecule has 0 amide bonds. The van der Waals surface area contributed by atoms with Crippen molar-refractivity contribution >= 4 is 22.5 Å². The van der Waals surface area contributed by atoms with Crippen molar-refractivity contribution in [2.45, 2.75) is 13.1 Å². The Kier molecular flexibility index (Phi) is 5.18. The quantitative estimate of drug-likeness (QED) is 0.755. The molecule has 23 heavy (non-hydrogen) atoms. The first-order chi connectivity index (χ1) is 11.3. The predicted octanol–water partition coefficient (Wildman–Crippen LogP) is 3.28. The van der Waals surface area contributed by atoms with Crippen LogP contribution in [0, 0.1) is 0 Å². The fourth-order valence-corrected chi connectivity index (χ4v) is 2.89. The number of aromatic nitrogens is 2. The standard InChI is InChI=1S/C18H18ClN3O/c19-17-6-5-15(18-16(17)4-2-8-21-18)13-22(9-10-23)12-14-3-1-7-20-11-14/h1-8,11,23H,9-10,12-13H2. The van der Waals surface area contributed by atoms with E-state index in [2.05, 4.69) is 14.9 Å². The Morgan fingerprint density at radius 1 is 1.04 bits per heavy atom. The predicted molar refractivity (Wildman–Crippen MR) is 92.2 cm³/mol. The zero-order valence-electron chi connectivity index (χ0n) is 12.7. The largest absolute Gasteiger partial charge is 0.395 e. The summed E-state index contributed by atoms with van der Waals surface area (Å²) < 4.78 is 0. The van der Waals surface area contributed by atoms with Gasteiger partial charge in [0.15, 0.2) is 0 Å². The van der Waals surface area contributed by atoms with Gasteiger partial charge in [0, 0.05) is 48.6 Å². The molecule has 2 aromatic heterocycles. The smallest absolute Gasteiger partial charge is 0.0761 e. The lowest BCUT2D eigenvalue weighted by Gasteiger charge is -2.22. The van der Waals surface area contributed by atoms with Gasteiger partial charge in [0.2, 0.25) is 0 Å². The number of halogens is 1. The average Bonchev–Trinajstić information content (AvgIpc) is 2.59. The first-order valence-corrected chi connectivity index (χ1v) is 7.90. The van der Waals surface area contributed by atoms with E-state index in [-0.39, 0.29) is 6.61 Å². The number of aliphatic hydroxyl groups is 1. The van der Waals surface area contributed by atoms with Crippen LogP contribution in [0.5, 0.6) is 0 Å². The molecule has 0 fully saturated rings. The molecule has 0 atom stereocenters. The van der Waals surface area contributed by atoms with Gasteiger partial charge in [-0.3, -0.25) is 14.9 Å². The second-order valence-electron chi connectivity index (χ2n) is 5.40. The van der Waals surface area contributed by atoms with E-state index in [1.165, 1.54) is 0 Å². The van der Waals surface area contributed by atoms with Crippen molar-refractivity contribution in [3.63, 3.8) is 0 Å². The second kappa shape index (κ2) is 7.51. The van der Waals surface area contributed by atoms with Gasteiger partial charge in [-0.05, 0) is 35.4 Å². The summed E-state index contributed by atoms with van der Waals surface area (Å²) in [5.74, 6) is 0. The van der Waals surface area contributed by atoms with Crippen LogP contribution in [0.3, 0.4) is 0 Å². The molecule has 118 valence electrons. The van der Waals surface area contributed by atoms with Gasteiger partial charge in [-0.15, -0.1) is 0 Å². The summed E-state index contributed by atoms with van der Waals surface area (Å²) in [5.41, 5.74) is 3.13. The van der Waals surface area contributed by atoms with Crippen molar-refractivity contribution in [2.24, 2.45) is 0 Å². The van der Waals surface area contributed by atoms with Gasteiger partial charge in [0.05, 0.1) is 12.1 Å². The summed E-state index contributed by atoms with van der Waals surface area (Å²) in [6.45, 7) is 2.12. The third-order valence-electron chi connectivity index (χ3n) is 3.74. The highest BCUT2D eigenvalue weighted by atomic mass is 35.5. The summed E-state index contributed by atoms with van der Waals surface area (Å²) >= 11 is 6.25. The Hall–Kier alpha value is -2.01. The van der Waals surface area contributed by atoms with E-state index in [9.17, 15) is 5.11 Å². The van der Waals surface area contributed by atoms with Crippen LogP contribution in [-0.2, 0) is 13.1 Å². The number of aliphatic hydroxyl groups excluding tert-OH is 1. The van der Waals surface area contributed by atoms with Crippen LogP contribution in [0.2, 0.25) is 5.02 Å². The third-order valence-corrected chi connectivity index (χ3v) is 4.07. The van der Waals surface area contributed by atoms with Crippen molar-refractivity contribution in [3.8, 4) is 0 Å². The number of fused-ring (bicyclic) bond motifs is 1. The minimum Gasteiger partial charge on any atom is -0.395 e. The van der Waals surface area contributed by atoms with Crippen molar-refractivity contribution in [1.29, 1.82) is 0 Å². The van der Waals surface area contributed by atoms with Crippen LogP contribution in [0.25, 0.3) is 10.9 Å². The summed E-state index contributed by atoms with van der Waals surface area (Å²) in [6, 6.07) is 11.7. The molecule has 0 saturated heterocycles. The molecule has 0 saturated carbocycles. The van der Waals surface area contributed by atoms with E-state index in [1.807, 2.05) is 42.6 Å². The van der Waals surface area contributed by atoms with Crippen molar-refractivity contribution in [1.82, 2.24) is 14.9 Å². The minimum atomic E-state index is 0.110. The molecule has 2 heterocycles. The van der Waals surface area contributed by atoms with E-state index in [0.717, 1.165) is 28.6 Å². The normalized spacial score (nSPS) is 11.3. The van der Waals surface area contributed by atoms with Gasteiger partial charge in [-0.2, -0.15) is 0 Å². The second-order valence-corrected chi connectivity index (χ2v) is 5.81. The van der Waals surface area contributed by atoms with Gasteiger partial charge in [0.25, 0.3) is 0 Å². The number of pyridine rings is 2. The Morgan fingerprint density at radius 3 is 2.70 bits per heavy atom.